The van der Waals surface area contributed by atoms with Crippen molar-refractivity contribution in [2.24, 2.45) is 0 Å². The number of carboxylic acids is 1. The number of esters is 1. The lowest BCUT2D eigenvalue weighted by Gasteiger charge is -2.21. The van der Waals surface area contributed by atoms with Gasteiger partial charge in [0.1, 0.15) is 11.0 Å². The van der Waals surface area contributed by atoms with Crippen LogP contribution in [0.2, 0.25) is 10.0 Å². The molecule has 208 valence electrons. The van der Waals surface area contributed by atoms with E-state index in [1.165, 1.54) is 19.1 Å². The summed E-state index contributed by atoms with van der Waals surface area (Å²) in [5.41, 5.74) is 3.37. The Labute approximate surface area is 238 Å². The van der Waals surface area contributed by atoms with Gasteiger partial charge in [0.25, 0.3) is 12.7 Å². The summed E-state index contributed by atoms with van der Waals surface area (Å²) in [5.74, 6) is -2.45. The van der Waals surface area contributed by atoms with Gasteiger partial charge in [-0.2, -0.15) is 0 Å². The first-order chi connectivity index (χ1) is 19.1. The van der Waals surface area contributed by atoms with Crippen LogP contribution in [0.4, 0.5) is 0 Å². The minimum atomic E-state index is -1.68. The van der Waals surface area contributed by atoms with Crippen molar-refractivity contribution in [3.63, 3.8) is 0 Å². The number of nitrogens with one attached hydrogen (secondary N) is 1. The maximum Gasteiger partial charge on any atom is 0.332 e. The van der Waals surface area contributed by atoms with Crippen molar-refractivity contribution < 1.29 is 34.2 Å². The molecular weight excluding hydrogens is 563 g/mol. The van der Waals surface area contributed by atoms with Gasteiger partial charge in [-0.05, 0) is 59.2 Å². The fourth-order valence-electron chi connectivity index (χ4n) is 3.95. The predicted octanol–water partition coefficient (Wildman–Crippen LogP) is 3.53. The highest BCUT2D eigenvalue weighted by molar-refractivity contribution is 6.35. The molecule has 0 fully saturated rings. The SMILES string of the molecule is CC(=O)OCOn1nnc2ccc(C(=O)N[C@H](Cc3ccc(-c4cc(Cl)ccc4Cl)cc3)C[C@@H](O)C(=O)O)cc21. The first-order valence-electron chi connectivity index (χ1n) is 12.0. The smallest absolute Gasteiger partial charge is 0.332 e. The van der Waals surface area contributed by atoms with Crippen LogP contribution in [0.15, 0.2) is 60.7 Å². The van der Waals surface area contributed by atoms with Crippen molar-refractivity contribution in [3.8, 4) is 11.1 Å². The monoisotopic (exact) mass is 586 g/mol. The molecule has 4 aromatic rings. The topological polar surface area (TPSA) is 153 Å². The fraction of sp³-hybridized carbons (Fsp3) is 0.222. The summed E-state index contributed by atoms with van der Waals surface area (Å²) in [6.45, 7) is 0.827. The number of benzene rings is 3. The zero-order chi connectivity index (χ0) is 28.8. The van der Waals surface area contributed by atoms with Gasteiger partial charge in [0.15, 0.2) is 6.10 Å². The second-order valence-electron chi connectivity index (χ2n) is 8.83. The molecule has 0 aliphatic carbocycles. The Hall–Kier alpha value is -4.19. The van der Waals surface area contributed by atoms with Crippen LogP contribution in [-0.4, -0.2) is 62.2 Å². The molecule has 0 saturated carbocycles. The number of fused-ring (bicyclic) bond motifs is 1. The summed E-state index contributed by atoms with van der Waals surface area (Å²) in [6, 6.07) is 16.3. The number of halogens is 2. The van der Waals surface area contributed by atoms with Crippen LogP contribution in [0.1, 0.15) is 29.3 Å². The number of aliphatic carboxylic acids is 1. The molecule has 0 aliphatic heterocycles. The number of carbonyl (C=O) groups excluding carboxylic acids is 2. The quantitative estimate of drug-likeness (QED) is 0.177. The Bertz CT molecular complexity index is 1540. The first-order valence-corrected chi connectivity index (χ1v) is 12.7. The number of nitrogens with zero attached hydrogens (tertiary/aromatic N) is 3. The lowest BCUT2D eigenvalue weighted by atomic mass is 9.97. The third kappa shape index (κ3) is 7.26. The van der Waals surface area contributed by atoms with Crippen LogP contribution < -0.4 is 10.2 Å². The van der Waals surface area contributed by atoms with Gasteiger partial charge in [-0.3, -0.25) is 9.59 Å². The van der Waals surface area contributed by atoms with E-state index in [1.54, 1.807) is 24.3 Å². The average Bonchev–Trinajstić information content (AvgIpc) is 3.32. The molecule has 40 heavy (non-hydrogen) atoms. The molecular formula is C27H24Cl2N4O7. The first kappa shape index (κ1) is 28.8. The number of hydrogen-bond donors (Lipinski definition) is 3. The number of aliphatic hydroxyl groups is 1. The molecule has 2 atom stereocenters. The molecule has 1 aromatic heterocycles. The van der Waals surface area contributed by atoms with Crippen LogP contribution in [0, 0.1) is 0 Å². The molecule has 3 N–H and O–H groups in total. The summed E-state index contributed by atoms with van der Waals surface area (Å²) in [5, 5.41) is 30.9. The van der Waals surface area contributed by atoms with Crippen LogP contribution in [0.3, 0.4) is 0 Å². The fourth-order valence-corrected chi connectivity index (χ4v) is 4.35. The third-order valence-corrected chi connectivity index (χ3v) is 6.48. The van der Waals surface area contributed by atoms with Crippen LogP contribution in [0.5, 0.6) is 0 Å². The highest BCUT2D eigenvalue weighted by Gasteiger charge is 2.23. The van der Waals surface area contributed by atoms with E-state index in [4.69, 9.17) is 32.8 Å². The summed E-state index contributed by atoms with van der Waals surface area (Å²) in [6.07, 6.45) is -1.67. The number of carbonyl (C=O) groups is 3. The van der Waals surface area contributed by atoms with Crippen LogP contribution in [-0.2, 0) is 20.7 Å². The maximum atomic E-state index is 13.2. The number of amides is 1. The van der Waals surface area contributed by atoms with Gasteiger partial charge in [0.2, 0.25) is 0 Å². The van der Waals surface area contributed by atoms with E-state index in [1.807, 2.05) is 24.3 Å². The molecule has 0 radical (unpaired) electrons. The van der Waals surface area contributed by atoms with Gasteiger partial charge in [0, 0.05) is 40.6 Å². The Kier molecular flexibility index (Phi) is 9.20. The number of ether oxygens (including phenoxy) is 1. The zero-order valence-electron chi connectivity index (χ0n) is 21.1. The molecule has 0 aliphatic rings. The second-order valence-corrected chi connectivity index (χ2v) is 9.68. The largest absolute Gasteiger partial charge is 0.479 e. The van der Waals surface area contributed by atoms with Gasteiger partial charge < -0.3 is 25.1 Å². The van der Waals surface area contributed by atoms with Crippen molar-refractivity contribution in [2.45, 2.75) is 31.9 Å². The molecule has 0 bridgehead atoms. The number of rotatable bonds is 11. The van der Waals surface area contributed by atoms with Gasteiger partial charge in [-0.25, -0.2) is 4.79 Å². The normalized spacial score (nSPS) is 12.5. The molecule has 0 unspecified atom stereocenters. The Morgan fingerprint density at radius 1 is 1.05 bits per heavy atom. The van der Waals surface area contributed by atoms with Gasteiger partial charge in [-0.1, -0.05) is 52.3 Å². The van der Waals surface area contributed by atoms with E-state index in [0.717, 1.165) is 21.5 Å². The standard InChI is InChI=1S/C27H24Cl2N4O7/c1-15(34)39-14-40-33-24-11-18(6-9-23(24)31-32-33)26(36)30-20(13-25(35)27(37)38)10-16-2-4-17(5-3-16)21-12-19(28)7-8-22(21)29/h2-9,11-12,20,25,35H,10,13-14H2,1H3,(H,30,36)(H,37,38)/t20-,25-/m1/s1. The van der Waals surface area contributed by atoms with Crippen LogP contribution >= 0.6 is 23.2 Å². The average molecular weight is 587 g/mol. The third-order valence-electron chi connectivity index (χ3n) is 5.92. The Morgan fingerprint density at radius 2 is 1.80 bits per heavy atom. The molecule has 11 nitrogen and oxygen atoms in total. The second kappa shape index (κ2) is 12.8. The van der Waals surface area contributed by atoms with Crippen molar-refractivity contribution >= 4 is 52.1 Å². The van der Waals surface area contributed by atoms with Crippen LogP contribution in [0.25, 0.3) is 22.2 Å². The van der Waals surface area contributed by atoms with Gasteiger partial charge in [-0.15, -0.1) is 5.10 Å². The van der Waals surface area contributed by atoms with E-state index in [0.29, 0.717) is 21.1 Å². The molecule has 1 heterocycles. The zero-order valence-corrected chi connectivity index (χ0v) is 22.6. The van der Waals surface area contributed by atoms with Gasteiger partial charge in [0.05, 0.1) is 0 Å². The minimum absolute atomic E-state index is 0.216. The summed E-state index contributed by atoms with van der Waals surface area (Å²) >= 11 is 12.4. The molecule has 0 spiro atoms. The number of aliphatic hydroxyl groups excluding tert-OH is 1. The summed E-state index contributed by atoms with van der Waals surface area (Å²) in [4.78, 5) is 41.7. The molecule has 3 aromatic carbocycles. The predicted molar refractivity (Wildman–Crippen MR) is 146 cm³/mol. The van der Waals surface area contributed by atoms with Crippen molar-refractivity contribution in [3.05, 3.63) is 81.8 Å². The van der Waals surface area contributed by atoms with Gasteiger partial charge >= 0.3 is 11.9 Å². The summed E-state index contributed by atoms with van der Waals surface area (Å²) < 4.78 is 4.74. The van der Waals surface area contributed by atoms with Crippen molar-refractivity contribution in [1.29, 1.82) is 0 Å². The molecule has 1 amide bonds. The Balaban J connectivity index is 1.51. The number of carboxylic acid groups (broad SMARTS) is 1. The van der Waals surface area contributed by atoms with Crippen molar-refractivity contribution in [1.82, 2.24) is 20.5 Å². The highest BCUT2D eigenvalue weighted by atomic mass is 35.5. The van der Waals surface area contributed by atoms with E-state index >= 15 is 0 Å². The lowest BCUT2D eigenvalue weighted by Crippen LogP contribution is -2.40. The molecule has 13 heteroatoms. The van der Waals surface area contributed by atoms with E-state index < -0.39 is 36.8 Å². The van der Waals surface area contributed by atoms with E-state index in [2.05, 4.69) is 15.6 Å². The van der Waals surface area contributed by atoms with Crippen molar-refractivity contribution in [2.75, 3.05) is 6.79 Å². The lowest BCUT2D eigenvalue weighted by molar-refractivity contribution is -0.154. The maximum absolute atomic E-state index is 13.2. The Morgan fingerprint density at radius 3 is 2.50 bits per heavy atom. The summed E-state index contributed by atoms with van der Waals surface area (Å²) in [7, 11) is 0. The molecule has 0 saturated heterocycles. The number of aromatic nitrogens is 3. The number of hydrogen-bond acceptors (Lipinski definition) is 8. The molecule has 4 rings (SSSR count). The van der Waals surface area contributed by atoms with E-state index in [-0.39, 0.29) is 18.4 Å². The van der Waals surface area contributed by atoms with E-state index in [9.17, 15) is 24.6 Å². The highest BCUT2D eigenvalue weighted by Crippen LogP contribution is 2.31. The minimum Gasteiger partial charge on any atom is -0.479 e.